The summed E-state index contributed by atoms with van der Waals surface area (Å²) < 4.78 is 49.2. The van der Waals surface area contributed by atoms with Crippen molar-refractivity contribution in [1.82, 2.24) is 14.6 Å². The number of fused-ring (bicyclic) bond motifs is 1. The second-order valence-corrected chi connectivity index (χ2v) is 6.64. The van der Waals surface area contributed by atoms with Crippen LogP contribution in [0, 0.1) is 0 Å². The normalized spacial score (nSPS) is 11.6. The van der Waals surface area contributed by atoms with Crippen molar-refractivity contribution in [3.8, 4) is 5.75 Å². The molecule has 2 aromatic heterocycles. The number of hydrogen-bond acceptors (Lipinski definition) is 7. The van der Waals surface area contributed by atoms with Crippen LogP contribution in [0.2, 0.25) is 0 Å². The standard InChI is InChI=1S/C17H14F3N3O4S/c1-2-13-22-23-14(24)7-11(21-16(23)28-13)8-27-15(25)9-26-12-5-3-4-10(6-12)17(18,19)20/h3-7H,2,8-9H2,1H3. The van der Waals surface area contributed by atoms with Gasteiger partial charge in [-0.2, -0.15) is 22.8 Å². The van der Waals surface area contributed by atoms with Crippen LogP contribution in [-0.2, 0) is 28.7 Å². The summed E-state index contributed by atoms with van der Waals surface area (Å²) in [6.45, 7) is 1.05. The van der Waals surface area contributed by atoms with Gasteiger partial charge in [0.2, 0.25) is 4.96 Å². The van der Waals surface area contributed by atoms with Crippen molar-refractivity contribution < 1.29 is 27.4 Å². The number of halogens is 3. The maximum atomic E-state index is 12.7. The molecule has 0 spiro atoms. The Hall–Kier alpha value is -2.95. The Morgan fingerprint density at radius 2 is 2.07 bits per heavy atom. The van der Waals surface area contributed by atoms with E-state index in [1.54, 1.807) is 0 Å². The number of nitrogens with zero attached hydrogens (tertiary/aromatic N) is 3. The number of carbonyl (C=O) groups excluding carboxylic acids is 1. The van der Waals surface area contributed by atoms with E-state index in [1.807, 2.05) is 6.92 Å². The molecule has 0 saturated carbocycles. The highest BCUT2D eigenvalue weighted by Crippen LogP contribution is 2.31. The number of aromatic nitrogens is 3. The third-order valence-corrected chi connectivity index (χ3v) is 4.59. The van der Waals surface area contributed by atoms with Crippen LogP contribution in [0.4, 0.5) is 13.2 Å². The van der Waals surface area contributed by atoms with Gasteiger partial charge in [0.05, 0.1) is 11.3 Å². The molecular weight excluding hydrogens is 399 g/mol. The molecule has 0 unspecified atom stereocenters. The van der Waals surface area contributed by atoms with E-state index in [0.29, 0.717) is 11.4 Å². The van der Waals surface area contributed by atoms with Crippen molar-refractivity contribution in [2.24, 2.45) is 0 Å². The fourth-order valence-electron chi connectivity index (χ4n) is 2.21. The Morgan fingerprint density at radius 3 is 2.79 bits per heavy atom. The molecule has 0 radical (unpaired) electrons. The zero-order chi connectivity index (χ0) is 20.3. The van der Waals surface area contributed by atoms with Crippen molar-refractivity contribution in [2.75, 3.05) is 6.61 Å². The zero-order valence-electron chi connectivity index (χ0n) is 14.5. The minimum atomic E-state index is -4.51. The molecule has 0 aliphatic heterocycles. The SMILES string of the molecule is CCc1nn2c(=O)cc(COC(=O)COc3cccc(C(F)(F)F)c3)nc2s1. The summed E-state index contributed by atoms with van der Waals surface area (Å²) in [7, 11) is 0. The number of alkyl halides is 3. The second kappa shape index (κ2) is 7.97. The molecule has 0 atom stereocenters. The summed E-state index contributed by atoms with van der Waals surface area (Å²) in [6.07, 6.45) is -3.85. The van der Waals surface area contributed by atoms with Gasteiger partial charge in [0, 0.05) is 6.07 Å². The number of ether oxygens (including phenoxy) is 2. The Kier molecular flexibility index (Phi) is 5.63. The van der Waals surface area contributed by atoms with Crippen LogP contribution >= 0.6 is 11.3 Å². The van der Waals surface area contributed by atoms with Crippen LogP contribution in [0.3, 0.4) is 0 Å². The Bertz CT molecular complexity index is 1060. The van der Waals surface area contributed by atoms with Gasteiger partial charge in [0.1, 0.15) is 17.4 Å². The lowest BCUT2D eigenvalue weighted by Crippen LogP contribution is -2.18. The molecule has 0 aliphatic rings. The highest BCUT2D eigenvalue weighted by atomic mass is 32.1. The first-order valence-corrected chi connectivity index (χ1v) is 8.92. The Labute approximate surface area is 160 Å². The number of carbonyl (C=O) groups is 1. The van der Waals surface area contributed by atoms with Gasteiger partial charge in [-0.15, -0.1) is 0 Å². The number of esters is 1. The van der Waals surface area contributed by atoms with Crippen LogP contribution in [0.1, 0.15) is 23.2 Å². The van der Waals surface area contributed by atoms with Gasteiger partial charge >= 0.3 is 12.1 Å². The molecule has 1 aromatic carbocycles. The quantitative estimate of drug-likeness (QED) is 0.578. The van der Waals surface area contributed by atoms with Gasteiger partial charge in [-0.3, -0.25) is 4.79 Å². The van der Waals surface area contributed by atoms with Gasteiger partial charge < -0.3 is 9.47 Å². The van der Waals surface area contributed by atoms with Crippen molar-refractivity contribution in [2.45, 2.75) is 26.1 Å². The number of aryl methyl sites for hydroxylation is 1. The number of benzene rings is 1. The molecule has 0 aliphatic carbocycles. The fraction of sp³-hybridized carbons (Fsp3) is 0.294. The molecule has 28 heavy (non-hydrogen) atoms. The van der Waals surface area contributed by atoms with E-state index in [0.717, 1.165) is 17.1 Å². The van der Waals surface area contributed by atoms with E-state index >= 15 is 0 Å². The first-order chi connectivity index (χ1) is 13.3. The van der Waals surface area contributed by atoms with Crippen molar-refractivity contribution >= 4 is 22.3 Å². The topological polar surface area (TPSA) is 82.8 Å². The smallest absolute Gasteiger partial charge is 0.416 e. The highest BCUT2D eigenvalue weighted by molar-refractivity contribution is 7.16. The van der Waals surface area contributed by atoms with Gasteiger partial charge in [-0.1, -0.05) is 24.3 Å². The lowest BCUT2D eigenvalue weighted by Gasteiger charge is -2.10. The summed E-state index contributed by atoms with van der Waals surface area (Å²) >= 11 is 1.25. The first kappa shape index (κ1) is 19.8. The molecular formula is C17H14F3N3O4S. The molecule has 148 valence electrons. The molecule has 0 bridgehead atoms. The van der Waals surface area contributed by atoms with Gasteiger partial charge in [-0.05, 0) is 24.6 Å². The average Bonchev–Trinajstić information content (AvgIpc) is 3.08. The summed E-state index contributed by atoms with van der Waals surface area (Å²) in [5, 5.41) is 4.85. The molecule has 2 heterocycles. The Balaban J connectivity index is 1.59. The van der Waals surface area contributed by atoms with Crippen LogP contribution in [0.25, 0.3) is 4.96 Å². The Morgan fingerprint density at radius 1 is 1.29 bits per heavy atom. The van der Waals surface area contributed by atoms with E-state index in [1.165, 1.54) is 34.1 Å². The summed E-state index contributed by atoms with van der Waals surface area (Å²) in [4.78, 5) is 28.4. The van der Waals surface area contributed by atoms with Gasteiger partial charge in [0.15, 0.2) is 6.61 Å². The van der Waals surface area contributed by atoms with Crippen molar-refractivity contribution in [3.63, 3.8) is 0 Å². The summed E-state index contributed by atoms with van der Waals surface area (Å²) in [5.74, 6) is -0.917. The van der Waals surface area contributed by atoms with E-state index in [9.17, 15) is 22.8 Å². The van der Waals surface area contributed by atoms with Crippen LogP contribution in [0.5, 0.6) is 5.75 Å². The zero-order valence-corrected chi connectivity index (χ0v) is 15.3. The lowest BCUT2D eigenvalue weighted by atomic mass is 10.2. The molecule has 3 rings (SSSR count). The number of rotatable bonds is 6. The number of hydrogen-bond donors (Lipinski definition) is 0. The monoisotopic (exact) mass is 413 g/mol. The third kappa shape index (κ3) is 4.66. The molecule has 3 aromatic rings. The largest absolute Gasteiger partial charge is 0.482 e. The van der Waals surface area contributed by atoms with E-state index in [4.69, 9.17) is 9.47 Å². The summed E-state index contributed by atoms with van der Waals surface area (Å²) in [5.41, 5.74) is -1.04. The maximum absolute atomic E-state index is 12.7. The average molecular weight is 413 g/mol. The second-order valence-electron chi connectivity index (χ2n) is 5.60. The fourth-order valence-corrected chi connectivity index (χ4v) is 3.07. The van der Waals surface area contributed by atoms with Crippen LogP contribution in [0.15, 0.2) is 35.1 Å². The molecule has 0 fully saturated rings. The minimum absolute atomic E-state index is 0.110. The molecule has 11 heteroatoms. The molecule has 0 saturated heterocycles. The molecule has 7 nitrogen and oxygen atoms in total. The van der Waals surface area contributed by atoms with E-state index in [-0.39, 0.29) is 18.1 Å². The first-order valence-electron chi connectivity index (χ1n) is 8.10. The minimum Gasteiger partial charge on any atom is -0.482 e. The predicted molar refractivity (Wildman–Crippen MR) is 93.2 cm³/mol. The predicted octanol–water partition coefficient (Wildman–Crippen LogP) is 2.85. The summed E-state index contributed by atoms with van der Waals surface area (Å²) in [6, 6.07) is 5.37. The van der Waals surface area contributed by atoms with Gasteiger partial charge in [0.25, 0.3) is 5.56 Å². The van der Waals surface area contributed by atoms with Crippen molar-refractivity contribution in [1.29, 1.82) is 0 Å². The van der Waals surface area contributed by atoms with Crippen LogP contribution in [-0.4, -0.2) is 27.2 Å². The maximum Gasteiger partial charge on any atom is 0.416 e. The van der Waals surface area contributed by atoms with E-state index < -0.39 is 29.9 Å². The highest BCUT2D eigenvalue weighted by Gasteiger charge is 2.30. The third-order valence-electron chi connectivity index (χ3n) is 3.54. The lowest BCUT2D eigenvalue weighted by molar-refractivity contribution is -0.147. The van der Waals surface area contributed by atoms with Crippen LogP contribution < -0.4 is 10.3 Å². The molecule has 0 N–H and O–H groups in total. The van der Waals surface area contributed by atoms with Gasteiger partial charge in [-0.25, -0.2) is 9.78 Å². The van der Waals surface area contributed by atoms with E-state index in [2.05, 4.69) is 10.1 Å². The van der Waals surface area contributed by atoms with Crippen molar-refractivity contribution in [3.05, 3.63) is 57.0 Å². The molecule has 0 amide bonds.